The third kappa shape index (κ3) is 3.14. The van der Waals surface area contributed by atoms with E-state index < -0.39 is 0 Å². The molecule has 2 aromatic rings. The molecule has 1 fully saturated rings. The minimum atomic E-state index is 0. The molecule has 102 valence electrons. The molecule has 2 heterocycles. The Hall–Kier alpha value is -1.39. The lowest BCUT2D eigenvalue weighted by Crippen LogP contribution is -2.26. The predicted octanol–water partition coefficient (Wildman–Crippen LogP) is 2.93. The molecule has 0 unspecified atom stereocenters. The van der Waals surface area contributed by atoms with Crippen LogP contribution in [-0.4, -0.2) is 23.3 Å². The standard InChI is InChI=1S/C14H17N3O.ClH/c1-10-3-2-4-12(9-10)14-17-16-13(18-14)11-5-7-15-8-6-11;/h2-4,9,11,15H,5-8H2,1H3;1H. The predicted molar refractivity (Wildman–Crippen MR) is 76.6 cm³/mol. The molecule has 1 N–H and O–H groups in total. The van der Waals surface area contributed by atoms with Crippen molar-refractivity contribution in [3.8, 4) is 11.5 Å². The van der Waals surface area contributed by atoms with Crippen LogP contribution in [0.2, 0.25) is 0 Å². The smallest absolute Gasteiger partial charge is 0.247 e. The first-order chi connectivity index (χ1) is 8.83. The van der Waals surface area contributed by atoms with E-state index in [1.54, 1.807) is 0 Å². The highest BCUT2D eigenvalue weighted by Gasteiger charge is 2.21. The Kier molecular flexibility index (Phi) is 4.56. The highest BCUT2D eigenvalue weighted by atomic mass is 35.5. The second-order valence-corrected chi connectivity index (χ2v) is 4.84. The summed E-state index contributed by atoms with van der Waals surface area (Å²) in [4.78, 5) is 0. The Morgan fingerprint density at radius 3 is 2.74 bits per heavy atom. The molecule has 0 aliphatic carbocycles. The van der Waals surface area contributed by atoms with Gasteiger partial charge in [-0.25, -0.2) is 0 Å². The van der Waals surface area contributed by atoms with Gasteiger partial charge in [0.05, 0.1) is 0 Å². The quantitative estimate of drug-likeness (QED) is 0.918. The average Bonchev–Trinajstić information content (AvgIpc) is 2.89. The van der Waals surface area contributed by atoms with Gasteiger partial charge in [0.2, 0.25) is 11.8 Å². The Bertz CT molecular complexity index is 535. The lowest BCUT2D eigenvalue weighted by Gasteiger charge is -2.18. The second kappa shape index (κ2) is 6.17. The maximum absolute atomic E-state index is 5.81. The molecule has 19 heavy (non-hydrogen) atoms. The summed E-state index contributed by atoms with van der Waals surface area (Å²) in [5, 5.41) is 11.7. The Morgan fingerprint density at radius 2 is 2.00 bits per heavy atom. The van der Waals surface area contributed by atoms with Crippen molar-refractivity contribution in [1.29, 1.82) is 0 Å². The van der Waals surface area contributed by atoms with Crippen molar-refractivity contribution < 1.29 is 4.42 Å². The van der Waals surface area contributed by atoms with E-state index in [0.29, 0.717) is 11.8 Å². The van der Waals surface area contributed by atoms with Crippen LogP contribution in [0.4, 0.5) is 0 Å². The third-order valence-corrected chi connectivity index (χ3v) is 3.39. The van der Waals surface area contributed by atoms with Crippen LogP contribution in [0.1, 0.15) is 30.2 Å². The summed E-state index contributed by atoms with van der Waals surface area (Å²) in [5.74, 6) is 1.83. The molecular formula is C14H18ClN3O. The fraction of sp³-hybridized carbons (Fsp3) is 0.429. The first-order valence-corrected chi connectivity index (χ1v) is 6.44. The van der Waals surface area contributed by atoms with E-state index in [1.165, 1.54) is 5.56 Å². The van der Waals surface area contributed by atoms with E-state index in [-0.39, 0.29) is 12.4 Å². The van der Waals surface area contributed by atoms with Gasteiger partial charge in [-0.2, -0.15) is 0 Å². The molecule has 0 saturated carbocycles. The minimum absolute atomic E-state index is 0. The van der Waals surface area contributed by atoms with Crippen molar-refractivity contribution in [2.24, 2.45) is 0 Å². The SMILES string of the molecule is Cc1cccc(-c2nnc(C3CCNCC3)o2)c1.Cl. The Morgan fingerprint density at radius 1 is 1.21 bits per heavy atom. The molecule has 1 aliphatic rings. The van der Waals surface area contributed by atoms with Crippen LogP contribution in [0.5, 0.6) is 0 Å². The molecule has 3 rings (SSSR count). The number of nitrogens with zero attached hydrogens (tertiary/aromatic N) is 2. The van der Waals surface area contributed by atoms with E-state index in [2.05, 4.69) is 34.6 Å². The summed E-state index contributed by atoms with van der Waals surface area (Å²) in [7, 11) is 0. The lowest BCUT2D eigenvalue weighted by atomic mass is 9.98. The van der Waals surface area contributed by atoms with Gasteiger partial charge in [-0.1, -0.05) is 17.7 Å². The van der Waals surface area contributed by atoms with Crippen molar-refractivity contribution in [3.05, 3.63) is 35.7 Å². The normalized spacial score (nSPS) is 16.1. The number of aryl methyl sites for hydroxylation is 1. The van der Waals surface area contributed by atoms with Gasteiger partial charge >= 0.3 is 0 Å². The lowest BCUT2D eigenvalue weighted by molar-refractivity contribution is 0.378. The Balaban J connectivity index is 0.00000133. The maximum atomic E-state index is 5.81. The van der Waals surface area contributed by atoms with Crippen molar-refractivity contribution in [1.82, 2.24) is 15.5 Å². The molecule has 1 aromatic carbocycles. The molecule has 0 bridgehead atoms. The van der Waals surface area contributed by atoms with Gasteiger partial charge in [0, 0.05) is 11.5 Å². The summed E-state index contributed by atoms with van der Waals surface area (Å²) in [6.07, 6.45) is 2.16. The largest absolute Gasteiger partial charge is 0.420 e. The maximum Gasteiger partial charge on any atom is 0.247 e. The number of halogens is 1. The minimum Gasteiger partial charge on any atom is -0.420 e. The second-order valence-electron chi connectivity index (χ2n) is 4.84. The summed E-state index contributed by atoms with van der Waals surface area (Å²) >= 11 is 0. The summed E-state index contributed by atoms with van der Waals surface area (Å²) < 4.78 is 5.81. The summed E-state index contributed by atoms with van der Waals surface area (Å²) in [6.45, 7) is 4.13. The first kappa shape index (κ1) is 14.0. The topological polar surface area (TPSA) is 51.0 Å². The third-order valence-electron chi connectivity index (χ3n) is 3.39. The zero-order valence-corrected chi connectivity index (χ0v) is 11.7. The molecule has 1 aliphatic heterocycles. The fourth-order valence-corrected chi connectivity index (χ4v) is 2.36. The number of nitrogens with one attached hydrogen (secondary N) is 1. The van der Waals surface area contributed by atoms with Crippen molar-refractivity contribution in [3.63, 3.8) is 0 Å². The molecule has 0 radical (unpaired) electrons. The van der Waals surface area contributed by atoms with Gasteiger partial charge in [0.15, 0.2) is 0 Å². The van der Waals surface area contributed by atoms with Crippen LogP contribution in [0, 0.1) is 6.92 Å². The van der Waals surface area contributed by atoms with Gasteiger partial charge in [-0.05, 0) is 45.0 Å². The van der Waals surface area contributed by atoms with Crippen LogP contribution >= 0.6 is 12.4 Å². The zero-order chi connectivity index (χ0) is 12.4. The molecule has 1 saturated heterocycles. The van der Waals surface area contributed by atoms with E-state index in [1.807, 2.05) is 12.1 Å². The number of piperidine rings is 1. The molecule has 0 atom stereocenters. The van der Waals surface area contributed by atoms with Crippen molar-refractivity contribution in [2.45, 2.75) is 25.7 Å². The van der Waals surface area contributed by atoms with E-state index in [9.17, 15) is 0 Å². The summed E-state index contributed by atoms with van der Waals surface area (Å²) in [6, 6.07) is 8.15. The molecule has 0 spiro atoms. The number of rotatable bonds is 2. The van der Waals surface area contributed by atoms with Gasteiger partial charge in [0.25, 0.3) is 0 Å². The van der Waals surface area contributed by atoms with E-state index in [4.69, 9.17) is 4.42 Å². The van der Waals surface area contributed by atoms with Gasteiger partial charge in [-0.15, -0.1) is 22.6 Å². The molecule has 4 nitrogen and oxygen atoms in total. The highest BCUT2D eigenvalue weighted by molar-refractivity contribution is 5.85. The Labute approximate surface area is 119 Å². The van der Waals surface area contributed by atoms with Crippen LogP contribution < -0.4 is 5.32 Å². The van der Waals surface area contributed by atoms with Crippen LogP contribution in [0.3, 0.4) is 0 Å². The van der Waals surface area contributed by atoms with Gasteiger partial charge in [-0.3, -0.25) is 0 Å². The van der Waals surface area contributed by atoms with Gasteiger partial charge in [0.1, 0.15) is 0 Å². The molecular weight excluding hydrogens is 262 g/mol. The van der Waals surface area contributed by atoms with Crippen LogP contribution in [-0.2, 0) is 0 Å². The number of hydrogen-bond donors (Lipinski definition) is 1. The van der Waals surface area contributed by atoms with Gasteiger partial charge < -0.3 is 9.73 Å². The first-order valence-electron chi connectivity index (χ1n) is 6.44. The van der Waals surface area contributed by atoms with Crippen LogP contribution in [0.15, 0.2) is 28.7 Å². The van der Waals surface area contributed by atoms with Crippen molar-refractivity contribution in [2.75, 3.05) is 13.1 Å². The van der Waals surface area contributed by atoms with Crippen molar-refractivity contribution >= 4 is 12.4 Å². The number of benzene rings is 1. The molecule has 1 aromatic heterocycles. The highest BCUT2D eigenvalue weighted by Crippen LogP contribution is 2.27. The number of hydrogen-bond acceptors (Lipinski definition) is 4. The van der Waals surface area contributed by atoms with E-state index in [0.717, 1.165) is 37.4 Å². The van der Waals surface area contributed by atoms with Crippen LogP contribution in [0.25, 0.3) is 11.5 Å². The molecule has 0 amide bonds. The average molecular weight is 280 g/mol. The number of aromatic nitrogens is 2. The molecule has 5 heteroatoms. The van der Waals surface area contributed by atoms with E-state index >= 15 is 0 Å². The monoisotopic (exact) mass is 279 g/mol. The fourth-order valence-electron chi connectivity index (χ4n) is 2.36. The zero-order valence-electron chi connectivity index (χ0n) is 10.9. The summed E-state index contributed by atoms with van der Waals surface area (Å²) in [5.41, 5.74) is 2.21.